The summed E-state index contributed by atoms with van der Waals surface area (Å²) in [6.07, 6.45) is 4.89. The summed E-state index contributed by atoms with van der Waals surface area (Å²) in [5, 5.41) is 15.8. The highest BCUT2D eigenvalue weighted by Gasteiger charge is 2.09. The Hall–Kier alpha value is -2.34. The van der Waals surface area contributed by atoms with Crippen molar-refractivity contribution in [3.63, 3.8) is 0 Å². The van der Waals surface area contributed by atoms with Crippen LogP contribution in [0.1, 0.15) is 38.9 Å². The summed E-state index contributed by atoms with van der Waals surface area (Å²) in [5.41, 5.74) is 2.12. The van der Waals surface area contributed by atoms with E-state index in [1.54, 1.807) is 0 Å². The number of aromatic amines is 1. The molecule has 0 aliphatic carbocycles. The van der Waals surface area contributed by atoms with Gasteiger partial charge in [0, 0.05) is 19.7 Å². The normalized spacial score (nSPS) is 12.8. The van der Waals surface area contributed by atoms with Gasteiger partial charge in [-0.05, 0) is 31.2 Å². The fraction of sp³-hybridized carbons (Fsp3) is 0.500. The van der Waals surface area contributed by atoms with E-state index in [0.717, 1.165) is 55.4 Å². The maximum atomic E-state index is 9.19. The Kier molecular flexibility index (Phi) is 8.69. The second kappa shape index (κ2) is 11.3. The number of nitrogens with zero attached hydrogens (tertiary/aromatic N) is 2. The Morgan fingerprint density at radius 3 is 2.69 bits per heavy atom. The van der Waals surface area contributed by atoms with Gasteiger partial charge in [-0.2, -0.15) is 0 Å². The average molecular weight is 358 g/mol. The number of rotatable bonds is 10. The largest absolute Gasteiger partial charge is 0.396 e. The Labute approximate surface area is 156 Å². The van der Waals surface area contributed by atoms with Crippen LogP contribution >= 0.6 is 0 Å². The first kappa shape index (κ1) is 20.0. The lowest BCUT2D eigenvalue weighted by molar-refractivity contribution is 0.251. The van der Waals surface area contributed by atoms with Gasteiger partial charge in [0.25, 0.3) is 0 Å². The van der Waals surface area contributed by atoms with Gasteiger partial charge in [-0.15, -0.1) is 0 Å². The SMILES string of the molecule is CCCC(CCO)CNC(=NCc1ncc(-c2ccccc2)[nH]1)NCC. The van der Waals surface area contributed by atoms with Crippen molar-refractivity contribution in [1.29, 1.82) is 0 Å². The summed E-state index contributed by atoms with van der Waals surface area (Å²) in [7, 11) is 0. The molecule has 0 saturated carbocycles. The van der Waals surface area contributed by atoms with Crippen molar-refractivity contribution >= 4 is 5.96 Å². The fourth-order valence-electron chi connectivity index (χ4n) is 2.88. The van der Waals surface area contributed by atoms with Crippen molar-refractivity contribution in [2.75, 3.05) is 19.7 Å². The Balaban J connectivity index is 1.95. The number of imidazole rings is 1. The molecule has 1 atom stereocenters. The Morgan fingerprint density at radius 2 is 2.00 bits per heavy atom. The molecule has 0 aliphatic heterocycles. The van der Waals surface area contributed by atoms with Crippen LogP contribution < -0.4 is 10.6 Å². The lowest BCUT2D eigenvalue weighted by atomic mass is 10.0. The zero-order chi connectivity index (χ0) is 18.6. The van der Waals surface area contributed by atoms with Crippen molar-refractivity contribution in [2.24, 2.45) is 10.9 Å². The zero-order valence-electron chi connectivity index (χ0n) is 15.8. The highest BCUT2D eigenvalue weighted by molar-refractivity contribution is 5.79. The summed E-state index contributed by atoms with van der Waals surface area (Å²) < 4.78 is 0. The summed E-state index contributed by atoms with van der Waals surface area (Å²) in [6, 6.07) is 10.1. The van der Waals surface area contributed by atoms with E-state index in [4.69, 9.17) is 0 Å². The van der Waals surface area contributed by atoms with Gasteiger partial charge in [0.1, 0.15) is 12.4 Å². The quantitative estimate of drug-likeness (QED) is 0.389. The Bertz CT molecular complexity index is 647. The van der Waals surface area contributed by atoms with Gasteiger partial charge in [0.2, 0.25) is 0 Å². The minimum Gasteiger partial charge on any atom is -0.396 e. The molecule has 6 nitrogen and oxygen atoms in total. The summed E-state index contributed by atoms with van der Waals surface area (Å²) in [5.74, 6) is 2.08. The molecular weight excluding hydrogens is 326 g/mol. The van der Waals surface area contributed by atoms with Crippen LogP contribution in [0.15, 0.2) is 41.5 Å². The first-order valence-electron chi connectivity index (χ1n) is 9.49. The van der Waals surface area contributed by atoms with E-state index in [2.05, 4.69) is 51.6 Å². The monoisotopic (exact) mass is 357 g/mol. The number of aliphatic hydroxyl groups excluding tert-OH is 1. The van der Waals surface area contributed by atoms with E-state index < -0.39 is 0 Å². The van der Waals surface area contributed by atoms with Gasteiger partial charge in [-0.1, -0.05) is 43.7 Å². The number of nitrogens with one attached hydrogen (secondary N) is 3. The van der Waals surface area contributed by atoms with Gasteiger partial charge in [0.15, 0.2) is 5.96 Å². The standard InChI is InChI=1S/C20H31N5O/c1-3-8-16(11-12-26)13-23-20(21-4-2)24-15-19-22-14-18(25-19)17-9-6-5-7-10-17/h5-7,9-10,14,16,26H,3-4,8,11-13,15H2,1-2H3,(H,22,25)(H2,21,23,24). The summed E-state index contributed by atoms with van der Waals surface area (Å²) in [4.78, 5) is 12.4. The van der Waals surface area contributed by atoms with Crippen LogP contribution in [0, 0.1) is 5.92 Å². The third-order valence-corrected chi connectivity index (χ3v) is 4.24. The molecular formula is C20H31N5O. The van der Waals surface area contributed by atoms with Crippen LogP contribution in [0.2, 0.25) is 0 Å². The molecule has 6 heteroatoms. The van der Waals surface area contributed by atoms with Crippen LogP contribution in [0.5, 0.6) is 0 Å². The number of hydrogen-bond acceptors (Lipinski definition) is 3. The van der Waals surface area contributed by atoms with E-state index in [-0.39, 0.29) is 6.61 Å². The third-order valence-electron chi connectivity index (χ3n) is 4.24. The topological polar surface area (TPSA) is 85.3 Å². The summed E-state index contributed by atoms with van der Waals surface area (Å²) >= 11 is 0. The smallest absolute Gasteiger partial charge is 0.191 e. The minimum absolute atomic E-state index is 0.231. The van der Waals surface area contributed by atoms with Gasteiger partial charge >= 0.3 is 0 Å². The lowest BCUT2D eigenvalue weighted by Gasteiger charge is -2.18. The fourth-order valence-corrected chi connectivity index (χ4v) is 2.88. The Morgan fingerprint density at radius 1 is 1.19 bits per heavy atom. The molecule has 0 bridgehead atoms. The molecule has 0 aliphatic rings. The van der Waals surface area contributed by atoms with E-state index in [1.807, 2.05) is 24.4 Å². The van der Waals surface area contributed by atoms with Crippen molar-refractivity contribution in [2.45, 2.75) is 39.7 Å². The predicted octanol–water partition coefficient (Wildman–Crippen LogP) is 2.93. The molecule has 0 saturated heterocycles. The number of aliphatic imine (C=N–C) groups is 1. The molecule has 0 amide bonds. The molecule has 1 unspecified atom stereocenters. The van der Waals surface area contributed by atoms with E-state index in [9.17, 15) is 5.11 Å². The van der Waals surface area contributed by atoms with Crippen LogP contribution in [0.25, 0.3) is 11.3 Å². The minimum atomic E-state index is 0.231. The molecule has 1 aromatic carbocycles. The van der Waals surface area contributed by atoms with Crippen LogP contribution in [0.3, 0.4) is 0 Å². The van der Waals surface area contributed by atoms with Crippen molar-refractivity contribution in [3.05, 3.63) is 42.4 Å². The zero-order valence-corrected chi connectivity index (χ0v) is 15.8. The maximum Gasteiger partial charge on any atom is 0.191 e. The van der Waals surface area contributed by atoms with E-state index in [1.165, 1.54) is 0 Å². The van der Waals surface area contributed by atoms with Crippen LogP contribution in [0.4, 0.5) is 0 Å². The van der Waals surface area contributed by atoms with Crippen molar-refractivity contribution in [1.82, 2.24) is 20.6 Å². The molecule has 26 heavy (non-hydrogen) atoms. The highest BCUT2D eigenvalue weighted by atomic mass is 16.3. The third kappa shape index (κ3) is 6.52. The molecule has 2 rings (SSSR count). The molecule has 4 N–H and O–H groups in total. The molecule has 1 aromatic heterocycles. The number of hydrogen-bond donors (Lipinski definition) is 4. The molecule has 0 radical (unpaired) electrons. The molecule has 2 aromatic rings. The number of aromatic nitrogens is 2. The molecule has 142 valence electrons. The van der Waals surface area contributed by atoms with E-state index >= 15 is 0 Å². The van der Waals surface area contributed by atoms with E-state index in [0.29, 0.717) is 12.5 Å². The first-order chi connectivity index (χ1) is 12.8. The second-order valence-corrected chi connectivity index (χ2v) is 6.35. The molecule has 0 fully saturated rings. The number of benzene rings is 1. The van der Waals surface area contributed by atoms with Gasteiger partial charge in [-0.3, -0.25) is 0 Å². The van der Waals surface area contributed by atoms with Gasteiger partial charge in [-0.25, -0.2) is 9.98 Å². The van der Waals surface area contributed by atoms with Crippen LogP contribution in [-0.4, -0.2) is 40.7 Å². The number of aliphatic hydroxyl groups is 1. The lowest BCUT2D eigenvalue weighted by Crippen LogP contribution is -2.40. The number of H-pyrrole nitrogens is 1. The van der Waals surface area contributed by atoms with Crippen molar-refractivity contribution in [3.8, 4) is 11.3 Å². The van der Waals surface area contributed by atoms with Gasteiger partial charge < -0.3 is 20.7 Å². The maximum absolute atomic E-state index is 9.19. The first-order valence-corrected chi connectivity index (χ1v) is 9.49. The highest BCUT2D eigenvalue weighted by Crippen LogP contribution is 2.16. The van der Waals surface area contributed by atoms with Gasteiger partial charge in [0.05, 0.1) is 11.9 Å². The van der Waals surface area contributed by atoms with Crippen LogP contribution in [-0.2, 0) is 6.54 Å². The molecule has 1 heterocycles. The average Bonchev–Trinajstić information content (AvgIpc) is 3.14. The summed E-state index contributed by atoms with van der Waals surface area (Å²) in [6.45, 7) is 6.56. The second-order valence-electron chi connectivity index (χ2n) is 6.35. The molecule has 0 spiro atoms. The number of guanidine groups is 1. The van der Waals surface area contributed by atoms with Crippen molar-refractivity contribution < 1.29 is 5.11 Å². The predicted molar refractivity (Wildman–Crippen MR) is 107 cm³/mol.